The van der Waals surface area contributed by atoms with Crippen LogP contribution in [-0.4, -0.2) is 75.4 Å². The molecule has 1 aromatic carbocycles. The average Bonchev–Trinajstić information content (AvgIpc) is 3.00. The fourth-order valence-electron chi connectivity index (χ4n) is 2.80. The lowest BCUT2D eigenvalue weighted by molar-refractivity contribution is 0.0322. The van der Waals surface area contributed by atoms with Crippen molar-refractivity contribution >= 4 is 29.9 Å². The lowest BCUT2D eigenvalue weighted by Gasteiger charge is -2.26. The Kier molecular flexibility index (Phi) is 8.07. The summed E-state index contributed by atoms with van der Waals surface area (Å²) in [5.41, 5.74) is 1.16. The van der Waals surface area contributed by atoms with Crippen molar-refractivity contribution in [1.29, 1.82) is 0 Å². The van der Waals surface area contributed by atoms with E-state index in [0.29, 0.717) is 6.61 Å². The number of guanidine groups is 1. The number of rotatable bonds is 6. The summed E-state index contributed by atoms with van der Waals surface area (Å²) in [7, 11) is 2.06. The molecule has 2 aliphatic heterocycles. The smallest absolute Gasteiger partial charge is 0.194 e. The molecule has 0 aromatic heterocycles. The summed E-state index contributed by atoms with van der Waals surface area (Å²) in [6, 6.07) is 8.21. The van der Waals surface area contributed by atoms with Crippen molar-refractivity contribution in [3.8, 4) is 5.75 Å². The van der Waals surface area contributed by atoms with E-state index >= 15 is 0 Å². The van der Waals surface area contributed by atoms with Crippen molar-refractivity contribution in [2.24, 2.45) is 4.99 Å². The highest BCUT2D eigenvalue weighted by Gasteiger charge is 2.13. The molecule has 6 nitrogen and oxygen atoms in total. The zero-order chi connectivity index (χ0) is 15.9. The second-order valence-electron chi connectivity index (χ2n) is 5.89. The van der Waals surface area contributed by atoms with E-state index < -0.39 is 0 Å². The first-order valence-corrected chi connectivity index (χ1v) is 8.33. The average molecular weight is 446 g/mol. The molecule has 0 radical (unpaired) electrons. The molecule has 134 valence electrons. The Bertz CT molecular complexity index is 535. The van der Waals surface area contributed by atoms with Crippen LogP contribution in [-0.2, 0) is 11.3 Å². The molecule has 0 atom stereocenters. The largest absolute Gasteiger partial charge is 0.492 e. The number of hydrogen-bond donors (Lipinski definition) is 1. The number of likely N-dealkylation sites (N-methyl/N-ethyl adjacent to an activating group) is 1. The van der Waals surface area contributed by atoms with Gasteiger partial charge in [-0.25, -0.2) is 0 Å². The fraction of sp³-hybridized carbons (Fsp3) is 0.588. The maximum atomic E-state index is 6.01. The molecule has 0 bridgehead atoms. The third-order valence-electron chi connectivity index (χ3n) is 4.24. The molecule has 3 rings (SSSR count). The van der Waals surface area contributed by atoms with Gasteiger partial charge in [-0.1, -0.05) is 18.2 Å². The highest BCUT2D eigenvalue weighted by atomic mass is 127. The number of para-hydroxylation sites is 1. The highest BCUT2D eigenvalue weighted by molar-refractivity contribution is 14.0. The molecular weight excluding hydrogens is 419 g/mol. The molecule has 0 spiro atoms. The molecule has 0 saturated carbocycles. The first-order valence-electron chi connectivity index (χ1n) is 8.33. The van der Waals surface area contributed by atoms with Crippen molar-refractivity contribution in [2.45, 2.75) is 6.54 Å². The molecule has 1 N–H and O–H groups in total. The van der Waals surface area contributed by atoms with Crippen LogP contribution >= 0.6 is 24.0 Å². The topological polar surface area (TPSA) is 49.3 Å². The number of aliphatic imine (C=N–C) groups is 1. The molecule has 24 heavy (non-hydrogen) atoms. The normalized spacial score (nSPS) is 18.0. The van der Waals surface area contributed by atoms with E-state index in [4.69, 9.17) is 9.47 Å². The molecule has 0 unspecified atom stereocenters. The molecule has 0 aliphatic carbocycles. The Hall–Kier alpha value is -1.06. The van der Waals surface area contributed by atoms with E-state index in [0.717, 1.165) is 69.8 Å². The minimum absolute atomic E-state index is 0. The Balaban J connectivity index is 0.00000208. The molecule has 1 fully saturated rings. The van der Waals surface area contributed by atoms with Crippen LogP contribution < -0.4 is 10.1 Å². The number of benzene rings is 1. The van der Waals surface area contributed by atoms with Gasteiger partial charge in [-0.2, -0.15) is 0 Å². The molecule has 1 saturated heterocycles. The minimum atomic E-state index is 0. The van der Waals surface area contributed by atoms with Gasteiger partial charge < -0.3 is 19.7 Å². The van der Waals surface area contributed by atoms with E-state index in [9.17, 15) is 0 Å². The summed E-state index contributed by atoms with van der Waals surface area (Å²) in [5.74, 6) is 1.92. The van der Waals surface area contributed by atoms with E-state index in [1.54, 1.807) is 0 Å². The zero-order valence-corrected chi connectivity index (χ0v) is 16.6. The lowest BCUT2D eigenvalue weighted by atomic mass is 10.2. The van der Waals surface area contributed by atoms with Gasteiger partial charge in [-0.15, -0.1) is 24.0 Å². The third kappa shape index (κ3) is 5.49. The highest BCUT2D eigenvalue weighted by Crippen LogP contribution is 2.18. The minimum Gasteiger partial charge on any atom is -0.492 e. The second kappa shape index (κ2) is 10.0. The third-order valence-corrected chi connectivity index (χ3v) is 4.24. The maximum Gasteiger partial charge on any atom is 0.194 e. The summed E-state index contributed by atoms with van der Waals surface area (Å²) in [5, 5.41) is 3.40. The zero-order valence-electron chi connectivity index (χ0n) is 14.2. The van der Waals surface area contributed by atoms with E-state index in [1.165, 1.54) is 0 Å². The van der Waals surface area contributed by atoms with E-state index in [-0.39, 0.29) is 24.0 Å². The van der Waals surface area contributed by atoms with Gasteiger partial charge in [0.1, 0.15) is 12.4 Å². The monoisotopic (exact) mass is 446 g/mol. The number of hydrogen-bond acceptors (Lipinski definition) is 6. The Morgan fingerprint density at radius 1 is 1.21 bits per heavy atom. The Morgan fingerprint density at radius 3 is 2.75 bits per heavy atom. The Labute approximate surface area is 161 Å². The molecule has 2 heterocycles. The van der Waals surface area contributed by atoms with Gasteiger partial charge in [0.2, 0.25) is 0 Å². The van der Waals surface area contributed by atoms with Gasteiger partial charge in [0.05, 0.1) is 19.8 Å². The van der Waals surface area contributed by atoms with Gasteiger partial charge in [0.25, 0.3) is 0 Å². The summed E-state index contributed by atoms with van der Waals surface area (Å²) in [6.07, 6.45) is 0. The van der Waals surface area contributed by atoms with Gasteiger partial charge in [0, 0.05) is 45.3 Å². The van der Waals surface area contributed by atoms with Crippen LogP contribution in [0.3, 0.4) is 0 Å². The Morgan fingerprint density at radius 2 is 2.00 bits per heavy atom. The predicted molar refractivity (Wildman–Crippen MR) is 106 cm³/mol. The van der Waals surface area contributed by atoms with Crippen LogP contribution in [0.1, 0.15) is 5.56 Å². The number of nitrogens with one attached hydrogen (secondary N) is 1. The van der Waals surface area contributed by atoms with Crippen molar-refractivity contribution in [2.75, 3.05) is 59.6 Å². The molecular formula is C17H27IN4O2. The summed E-state index contributed by atoms with van der Waals surface area (Å²) >= 11 is 0. The molecule has 7 heteroatoms. The predicted octanol–water partition coefficient (Wildman–Crippen LogP) is 1.41. The number of morpholine rings is 1. The maximum absolute atomic E-state index is 6.01. The van der Waals surface area contributed by atoms with Crippen LogP contribution in [0.25, 0.3) is 0 Å². The fourth-order valence-corrected chi connectivity index (χ4v) is 2.80. The SMILES string of the molecule is CN1CCN=C1NCc1ccccc1OCCN1CCOCC1.I. The summed E-state index contributed by atoms with van der Waals surface area (Å²) < 4.78 is 11.4. The van der Waals surface area contributed by atoms with E-state index in [2.05, 4.69) is 33.2 Å². The molecule has 2 aliphatic rings. The van der Waals surface area contributed by atoms with Crippen molar-refractivity contribution in [1.82, 2.24) is 15.1 Å². The van der Waals surface area contributed by atoms with Crippen molar-refractivity contribution in [3.63, 3.8) is 0 Å². The van der Waals surface area contributed by atoms with Crippen molar-refractivity contribution < 1.29 is 9.47 Å². The first kappa shape index (κ1) is 19.3. The molecule has 1 aromatic rings. The molecule has 0 amide bonds. The van der Waals surface area contributed by atoms with Gasteiger partial charge >= 0.3 is 0 Å². The second-order valence-corrected chi connectivity index (χ2v) is 5.89. The standard InChI is InChI=1S/C17H26N4O2.HI/c1-20-7-6-18-17(20)19-14-15-4-2-3-5-16(15)23-13-10-21-8-11-22-12-9-21;/h2-5H,6-14H2,1H3,(H,18,19);1H. The number of nitrogens with zero attached hydrogens (tertiary/aromatic N) is 3. The number of halogens is 1. The van der Waals surface area contributed by atoms with Crippen LogP contribution in [0, 0.1) is 0 Å². The number of ether oxygens (including phenoxy) is 2. The van der Waals surface area contributed by atoms with Crippen LogP contribution in [0.2, 0.25) is 0 Å². The van der Waals surface area contributed by atoms with Crippen LogP contribution in [0.4, 0.5) is 0 Å². The van der Waals surface area contributed by atoms with Gasteiger partial charge in [0.15, 0.2) is 5.96 Å². The van der Waals surface area contributed by atoms with Crippen molar-refractivity contribution in [3.05, 3.63) is 29.8 Å². The quantitative estimate of drug-likeness (QED) is 0.670. The first-order chi connectivity index (χ1) is 11.3. The lowest BCUT2D eigenvalue weighted by Crippen LogP contribution is -2.38. The summed E-state index contributed by atoms with van der Waals surface area (Å²) in [6.45, 7) is 7.90. The van der Waals surface area contributed by atoms with Crippen LogP contribution in [0.15, 0.2) is 29.3 Å². The van der Waals surface area contributed by atoms with Crippen LogP contribution in [0.5, 0.6) is 5.75 Å². The van der Waals surface area contributed by atoms with Gasteiger partial charge in [-0.3, -0.25) is 9.89 Å². The van der Waals surface area contributed by atoms with Gasteiger partial charge in [-0.05, 0) is 6.07 Å². The summed E-state index contributed by atoms with van der Waals surface area (Å²) in [4.78, 5) is 8.98. The van der Waals surface area contributed by atoms with E-state index in [1.807, 2.05) is 18.2 Å².